The van der Waals surface area contributed by atoms with Crippen molar-refractivity contribution < 1.29 is 22.7 Å². The molecule has 1 atom stereocenters. The molecule has 1 aromatic rings. The second kappa shape index (κ2) is 9.60. The highest BCUT2D eigenvalue weighted by molar-refractivity contribution is 7.91. The monoisotopic (exact) mass is 410 g/mol. The Morgan fingerprint density at radius 1 is 1.18 bits per heavy atom. The molecule has 8 heteroatoms. The van der Waals surface area contributed by atoms with Crippen LogP contribution in [0.4, 0.5) is 0 Å². The summed E-state index contributed by atoms with van der Waals surface area (Å²) in [5.41, 5.74) is 0.988. The summed E-state index contributed by atoms with van der Waals surface area (Å²) in [6, 6.07) is 5.62. The van der Waals surface area contributed by atoms with Crippen LogP contribution in [-0.4, -0.2) is 63.1 Å². The zero-order chi connectivity index (χ0) is 20.0. The minimum atomic E-state index is -2.89. The van der Waals surface area contributed by atoms with Crippen LogP contribution in [0.15, 0.2) is 18.2 Å². The first-order chi connectivity index (χ1) is 13.5. The molecule has 2 fully saturated rings. The molecule has 1 N–H and O–H groups in total. The molecular formula is C20H30N2O5S. The molecule has 0 spiro atoms. The van der Waals surface area contributed by atoms with Crippen molar-refractivity contribution in [3.05, 3.63) is 23.8 Å². The zero-order valence-electron chi connectivity index (χ0n) is 16.5. The number of hydrogen-bond donors (Lipinski definition) is 1. The number of benzene rings is 1. The summed E-state index contributed by atoms with van der Waals surface area (Å²) in [5, 5.41) is 3.30. The third-order valence-corrected chi connectivity index (χ3v) is 6.96. The molecule has 0 unspecified atom stereocenters. The van der Waals surface area contributed by atoms with Crippen molar-refractivity contribution in [1.29, 1.82) is 0 Å². The summed E-state index contributed by atoms with van der Waals surface area (Å²) in [7, 11) is -2.89. The van der Waals surface area contributed by atoms with E-state index in [1.165, 1.54) is 6.42 Å². The second-order valence-electron chi connectivity index (χ2n) is 7.43. The Kier molecular flexibility index (Phi) is 7.18. The summed E-state index contributed by atoms with van der Waals surface area (Å²) in [6.45, 7) is 4.58. The smallest absolute Gasteiger partial charge is 0.260 e. The SMILES string of the molecule is CCOc1cc(CN[C@@H]2CCS(=O)(=O)C2)ccc1OCC(=O)N1CCCCC1. The normalized spacial score (nSPS) is 21.5. The van der Waals surface area contributed by atoms with Gasteiger partial charge >= 0.3 is 0 Å². The Bertz CT molecular complexity index is 775. The van der Waals surface area contributed by atoms with E-state index in [1.54, 1.807) is 0 Å². The summed E-state index contributed by atoms with van der Waals surface area (Å²) in [4.78, 5) is 14.2. The first-order valence-corrected chi connectivity index (χ1v) is 11.9. The van der Waals surface area contributed by atoms with E-state index < -0.39 is 9.84 Å². The quantitative estimate of drug-likeness (QED) is 0.703. The molecule has 2 saturated heterocycles. The van der Waals surface area contributed by atoms with Crippen molar-refractivity contribution >= 4 is 15.7 Å². The number of sulfone groups is 1. The lowest BCUT2D eigenvalue weighted by molar-refractivity contribution is -0.134. The Morgan fingerprint density at radius 3 is 2.64 bits per heavy atom. The molecule has 0 radical (unpaired) electrons. The van der Waals surface area contributed by atoms with Gasteiger partial charge in [-0.15, -0.1) is 0 Å². The minimum Gasteiger partial charge on any atom is -0.490 e. The van der Waals surface area contributed by atoms with Crippen LogP contribution in [0.2, 0.25) is 0 Å². The van der Waals surface area contributed by atoms with Crippen molar-refractivity contribution in [1.82, 2.24) is 10.2 Å². The molecular weight excluding hydrogens is 380 g/mol. The first kappa shape index (κ1) is 20.9. The molecule has 2 aliphatic rings. The molecule has 0 bridgehead atoms. The van der Waals surface area contributed by atoms with E-state index >= 15 is 0 Å². The van der Waals surface area contributed by atoms with Crippen molar-refractivity contribution in [2.45, 2.75) is 45.2 Å². The van der Waals surface area contributed by atoms with E-state index in [0.29, 0.717) is 31.1 Å². The predicted octanol–water partition coefficient (Wildman–Crippen LogP) is 1.75. The van der Waals surface area contributed by atoms with E-state index in [-0.39, 0.29) is 30.1 Å². The number of hydrogen-bond acceptors (Lipinski definition) is 6. The summed E-state index contributed by atoms with van der Waals surface area (Å²) in [6.07, 6.45) is 3.95. The van der Waals surface area contributed by atoms with Crippen LogP contribution in [0, 0.1) is 0 Å². The fourth-order valence-electron chi connectivity index (χ4n) is 3.64. The third-order valence-electron chi connectivity index (χ3n) is 5.20. The Morgan fingerprint density at radius 2 is 1.96 bits per heavy atom. The van der Waals surface area contributed by atoms with Gasteiger partial charge in [-0.3, -0.25) is 4.79 Å². The first-order valence-electron chi connectivity index (χ1n) is 10.1. The third kappa shape index (κ3) is 5.85. The average Bonchev–Trinajstić information content (AvgIpc) is 3.05. The summed E-state index contributed by atoms with van der Waals surface area (Å²) in [5.74, 6) is 1.62. The number of piperidine rings is 1. The predicted molar refractivity (Wildman–Crippen MR) is 107 cm³/mol. The molecule has 0 aromatic heterocycles. The van der Waals surface area contributed by atoms with Gasteiger partial charge in [0.05, 0.1) is 18.1 Å². The number of rotatable bonds is 8. The molecule has 1 amide bonds. The zero-order valence-corrected chi connectivity index (χ0v) is 17.3. The number of likely N-dealkylation sites (tertiary alicyclic amines) is 1. The van der Waals surface area contributed by atoms with Gasteiger partial charge in [-0.1, -0.05) is 6.07 Å². The van der Waals surface area contributed by atoms with Gasteiger partial charge in [0.1, 0.15) is 0 Å². The van der Waals surface area contributed by atoms with E-state index in [2.05, 4.69) is 5.32 Å². The maximum absolute atomic E-state index is 12.3. The molecule has 28 heavy (non-hydrogen) atoms. The van der Waals surface area contributed by atoms with Gasteiger partial charge in [0.25, 0.3) is 5.91 Å². The van der Waals surface area contributed by atoms with Crippen molar-refractivity contribution in [3.8, 4) is 11.5 Å². The number of carbonyl (C=O) groups is 1. The Hall–Kier alpha value is -1.80. The lowest BCUT2D eigenvalue weighted by Gasteiger charge is -2.26. The summed E-state index contributed by atoms with van der Waals surface area (Å²) >= 11 is 0. The van der Waals surface area contributed by atoms with Gasteiger partial charge in [-0.25, -0.2) is 8.42 Å². The molecule has 156 valence electrons. The van der Waals surface area contributed by atoms with Crippen LogP contribution >= 0.6 is 0 Å². The number of nitrogens with one attached hydrogen (secondary N) is 1. The van der Waals surface area contributed by atoms with Crippen LogP contribution in [0.1, 0.15) is 38.2 Å². The van der Waals surface area contributed by atoms with E-state index in [9.17, 15) is 13.2 Å². The van der Waals surface area contributed by atoms with Crippen molar-refractivity contribution in [2.75, 3.05) is 37.8 Å². The fraction of sp³-hybridized carbons (Fsp3) is 0.650. The maximum atomic E-state index is 12.3. The number of amides is 1. The van der Waals surface area contributed by atoms with Gasteiger partial charge < -0.3 is 19.7 Å². The molecule has 0 saturated carbocycles. The van der Waals surface area contributed by atoms with Crippen LogP contribution in [0.25, 0.3) is 0 Å². The van der Waals surface area contributed by atoms with E-state index in [1.807, 2.05) is 30.0 Å². The minimum absolute atomic E-state index is 0.00126. The number of carbonyl (C=O) groups excluding carboxylic acids is 1. The van der Waals surface area contributed by atoms with Crippen LogP contribution in [-0.2, 0) is 21.2 Å². The Labute approximate surface area is 167 Å². The maximum Gasteiger partial charge on any atom is 0.260 e. The Balaban J connectivity index is 1.56. The average molecular weight is 411 g/mol. The molecule has 0 aliphatic carbocycles. The standard InChI is InChI=1S/C20H30N2O5S/c1-2-26-19-12-16(13-21-17-8-11-28(24,25)15-17)6-7-18(19)27-14-20(23)22-9-4-3-5-10-22/h6-7,12,17,21H,2-5,8-11,13-15H2,1H3/t17-/m1/s1. The lowest BCUT2D eigenvalue weighted by Crippen LogP contribution is -2.38. The molecule has 3 rings (SSSR count). The van der Waals surface area contributed by atoms with Gasteiger partial charge in [-0.05, 0) is 50.3 Å². The van der Waals surface area contributed by atoms with Gasteiger partial charge in [0, 0.05) is 25.7 Å². The fourth-order valence-corrected chi connectivity index (χ4v) is 5.35. The van der Waals surface area contributed by atoms with Crippen molar-refractivity contribution in [3.63, 3.8) is 0 Å². The largest absolute Gasteiger partial charge is 0.490 e. The molecule has 1 aromatic carbocycles. The van der Waals surface area contributed by atoms with Gasteiger partial charge in [0.2, 0.25) is 0 Å². The van der Waals surface area contributed by atoms with Crippen LogP contribution < -0.4 is 14.8 Å². The van der Waals surface area contributed by atoms with E-state index in [4.69, 9.17) is 9.47 Å². The highest BCUT2D eigenvalue weighted by Crippen LogP contribution is 2.29. The molecule has 2 heterocycles. The molecule has 7 nitrogen and oxygen atoms in total. The van der Waals surface area contributed by atoms with Crippen LogP contribution in [0.5, 0.6) is 11.5 Å². The van der Waals surface area contributed by atoms with Gasteiger partial charge in [0.15, 0.2) is 27.9 Å². The second-order valence-corrected chi connectivity index (χ2v) is 9.65. The highest BCUT2D eigenvalue weighted by Gasteiger charge is 2.27. The number of nitrogens with zero attached hydrogens (tertiary/aromatic N) is 1. The van der Waals surface area contributed by atoms with Crippen molar-refractivity contribution in [2.24, 2.45) is 0 Å². The summed E-state index contributed by atoms with van der Waals surface area (Å²) < 4.78 is 34.6. The highest BCUT2D eigenvalue weighted by atomic mass is 32.2. The number of ether oxygens (including phenoxy) is 2. The topological polar surface area (TPSA) is 84.9 Å². The molecule has 2 aliphatic heterocycles. The lowest BCUT2D eigenvalue weighted by atomic mass is 10.1. The van der Waals surface area contributed by atoms with Crippen LogP contribution in [0.3, 0.4) is 0 Å². The van der Waals surface area contributed by atoms with Gasteiger partial charge in [-0.2, -0.15) is 0 Å². The van der Waals surface area contributed by atoms with E-state index in [0.717, 1.165) is 31.5 Å².